The van der Waals surface area contributed by atoms with Crippen molar-refractivity contribution in [2.45, 2.75) is 19.1 Å². The van der Waals surface area contributed by atoms with Crippen molar-refractivity contribution in [1.82, 2.24) is 14.8 Å². The van der Waals surface area contributed by atoms with Gasteiger partial charge in [0, 0.05) is 24.2 Å². The number of aromatic nitrogens is 3. The van der Waals surface area contributed by atoms with Gasteiger partial charge in [0.15, 0.2) is 0 Å². The number of hydrogen-bond donors (Lipinski definition) is 3. The molecule has 1 atom stereocenters. The summed E-state index contributed by atoms with van der Waals surface area (Å²) in [5, 5.41) is 32.9. The number of aliphatic hydroxyl groups is 2. The molecule has 0 aliphatic carbocycles. The standard InChI is InChI=1S/C17H16FN3O4/c18-11-1-2-16-14(6-11)15(20-21(16)8-12(23)9-22)5-10-7-19-4-3-13(10)17(24)25/h1-4,6-7,12,22-23H,5,8-9H2,(H,24,25). The molecule has 0 radical (unpaired) electrons. The van der Waals surface area contributed by atoms with Crippen LogP contribution in [-0.2, 0) is 13.0 Å². The Morgan fingerprint density at radius 3 is 2.84 bits per heavy atom. The van der Waals surface area contributed by atoms with Crippen LogP contribution in [0.1, 0.15) is 21.6 Å². The van der Waals surface area contributed by atoms with Gasteiger partial charge in [-0.05, 0) is 29.8 Å². The smallest absolute Gasteiger partial charge is 0.336 e. The Morgan fingerprint density at radius 2 is 2.12 bits per heavy atom. The summed E-state index contributed by atoms with van der Waals surface area (Å²) >= 11 is 0. The number of pyridine rings is 1. The van der Waals surface area contributed by atoms with Gasteiger partial charge in [0.25, 0.3) is 0 Å². The fourth-order valence-corrected chi connectivity index (χ4v) is 2.70. The van der Waals surface area contributed by atoms with Gasteiger partial charge >= 0.3 is 5.97 Å². The zero-order valence-electron chi connectivity index (χ0n) is 13.1. The number of aliphatic hydroxyl groups excluding tert-OH is 2. The monoisotopic (exact) mass is 345 g/mol. The van der Waals surface area contributed by atoms with Crippen molar-refractivity contribution >= 4 is 16.9 Å². The lowest BCUT2D eigenvalue weighted by Crippen LogP contribution is -2.20. The number of rotatable bonds is 6. The van der Waals surface area contributed by atoms with E-state index >= 15 is 0 Å². The van der Waals surface area contributed by atoms with E-state index in [1.165, 1.54) is 41.3 Å². The normalized spacial score (nSPS) is 12.4. The Kier molecular flexibility index (Phi) is 4.73. The minimum atomic E-state index is -1.08. The quantitative estimate of drug-likeness (QED) is 0.620. The van der Waals surface area contributed by atoms with Gasteiger partial charge in [0.2, 0.25) is 0 Å². The minimum absolute atomic E-state index is 0.0391. The SMILES string of the molecule is O=C(O)c1ccncc1Cc1nn(CC(O)CO)c2ccc(F)cc12. The summed E-state index contributed by atoms with van der Waals surface area (Å²) in [6.45, 7) is -0.388. The van der Waals surface area contributed by atoms with E-state index in [2.05, 4.69) is 10.1 Å². The molecule has 3 rings (SSSR count). The van der Waals surface area contributed by atoms with E-state index in [-0.39, 0.29) is 18.5 Å². The van der Waals surface area contributed by atoms with Crippen LogP contribution < -0.4 is 0 Å². The summed E-state index contributed by atoms with van der Waals surface area (Å²) in [7, 11) is 0. The molecule has 3 aromatic rings. The number of benzene rings is 1. The second kappa shape index (κ2) is 6.96. The molecule has 0 saturated carbocycles. The first-order chi connectivity index (χ1) is 12.0. The molecule has 7 nitrogen and oxygen atoms in total. The molecular formula is C17H16FN3O4. The predicted molar refractivity (Wildman–Crippen MR) is 86.8 cm³/mol. The maximum absolute atomic E-state index is 13.7. The third kappa shape index (κ3) is 3.49. The Balaban J connectivity index is 2.07. The lowest BCUT2D eigenvalue weighted by Gasteiger charge is -2.08. The van der Waals surface area contributed by atoms with Crippen LogP contribution >= 0.6 is 0 Å². The Hall–Kier alpha value is -2.84. The second-order valence-electron chi connectivity index (χ2n) is 5.64. The van der Waals surface area contributed by atoms with Crippen LogP contribution in [0.25, 0.3) is 10.9 Å². The fraction of sp³-hybridized carbons (Fsp3) is 0.235. The van der Waals surface area contributed by atoms with E-state index in [1.807, 2.05) is 0 Å². The van der Waals surface area contributed by atoms with Gasteiger partial charge in [-0.1, -0.05) is 0 Å². The summed E-state index contributed by atoms with van der Waals surface area (Å²) < 4.78 is 15.1. The molecule has 0 saturated heterocycles. The van der Waals surface area contributed by atoms with Gasteiger partial charge in [-0.15, -0.1) is 0 Å². The Bertz CT molecular complexity index is 925. The molecule has 0 amide bonds. The first-order valence-electron chi connectivity index (χ1n) is 7.59. The molecule has 1 aromatic carbocycles. The topological polar surface area (TPSA) is 108 Å². The van der Waals surface area contributed by atoms with Crippen LogP contribution in [-0.4, -0.2) is 48.8 Å². The Morgan fingerprint density at radius 1 is 1.32 bits per heavy atom. The average Bonchev–Trinajstić information content (AvgIpc) is 2.91. The highest BCUT2D eigenvalue weighted by atomic mass is 19.1. The number of nitrogens with zero attached hydrogens (tertiary/aromatic N) is 3. The molecule has 25 heavy (non-hydrogen) atoms. The van der Waals surface area contributed by atoms with Crippen LogP contribution in [0.2, 0.25) is 0 Å². The van der Waals surface area contributed by atoms with Crippen molar-refractivity contribution in [2.75, 3.05) is 6.61 Å². The molecule has 0 aliphatic rings. The van der Waals surface area contributed by atoms with E-state index in [1.54, 1.807) is 0 Å². The largest absolute Gasteiger partial charge is 0.478 e. The third-order valence-corrected chi connectivity index (χ3v) is 3.88. The van der Waals surface area contributed by atoms with Gasteiger partial charge in [-0.25, -0.2) is 9.18 Å². The van der Waals surface area contributed by atoms with Crippen molar-refractivity contribution in [3.8, 4) is 0 Å². The number of carbonyl (C=O) groups is 1. The summed E-state index contributed by atoms with van der Waals surface area (Å²) in [4.78, 5) is 15.3. The molecule has 0 fully saturated rings. The number of carboxylic acids is 1. The van der Waals surface area contributed by atoms with Gasteiger partial charge < -0.3 is 15.3 Å². The first kappa shape index (κ1) is 17.0. The van der Waals surface area contributed by atoms with E-state index in [0.29, 0.717) is 22.2 Å². The fourth-order valence-electron chi connectivity index (χ4n) is 2.70. The maximum atomic E-state index is 13.7. The van der Waals surface area contributed by atoms with Crippen LogP contribution in [0.3, 0.4) is 0 Å². The van der Waals surface area contributed by atoms with Crippen molar-refractivity contribution in [3.05, 3.63) is 59.3 Å². The number of fused-ring (bicyclic) bond motifs is 1. The van der Waals surface area contributed by atoms with Crippen molar-refractivity contribution in [1.29, 1.82) is 0 Å². The van der Waals surface area contributed by atoms with Gasteiger partial charge in [0.05, 0.1) is 36.0 Å². The molecular weight excluding hydrogens is 329 g/mol. The van der Waals surface area contributed by atoms with Crippen LogP contribution in [0.5, 0.6) is 0 Å². The molecule has 0 bridgehead atoms. The van der Waals surface area contributed by atoms with Crippen molar-refractivity contribution in [3.63, 3.8) is 0 Å². The lowest BCUT2D eigenvalue weighted by molar-refractivity contribution is 0.0695. The van der Waals surface area contributed by atoms with Crippen LogP contribution in [0, 0.1) is 5.82 Å². The van der Waals surface area contributed by atoms with Gasteiger partial charge in [-0.3, -0.25) is 9.67 Å². The Labute approximate surface area is 142 Å². The van der Waals surface area contributed by atoms with Gasteiger partial charge in [-0.2, -0.15) is 5.10 Å². The molecule has 3 N–H and O–H groups in total. The molecule has 1 unspecified atom stereocenters. The molecule has 0 aliphatic heterocycles. The number of halogens is 1. The first-order valence-corrected chi connectivity index (χ1v) is 7.59. The summed E-state index contributed by atoms with van der Waals surface area (Å²) in [5.74, 6) is -1.52. The third-order valence-electron chi connectivity index (χ3n) is 3.88. The number of hydrogen-bond acceptors (Lipinski definition) is 5. The zero-order chi connectivity index (χ0) is 18.0. The highest BCUT2D eigenvalue weighted by molar-refractivity contribution is 5.89. The maximum Gasteiger partial charge on any atom is 0.336 e. The summed E-state index contributed by atoms with van der Waals surface area (Å²) in [6.07, 6.45) is 1.98. The molecule has 2 aromatic heterocycles. The zero-order valence-corrected chi connectivity index (χ0v) is 13.1. The summed E-state index contributed by atoms with van der Waals surface area (Å²) in [6, 6.07) is 5.53. The predicted octanol–water partition coefficient (Wildman–Crippen LogP) is 1.21. The van der Waals surface area contributed by atoms with E-state index in [4.69, 9.17) is 5.11 Å². The molecule has 8 heteroatoms. The number of aromatic carboxylic acids is 1. The van der Waals surface area contributed by atoms with E-state index in [9.17, 15) is 19.4 Å². The second-order valence-corrected chi connectivity index (χ2v) is 5.64. The lowest BCUT2D eigenvalue weighted by atomic mass is 10.0. The highest BCUT2D eigenvalue weighted by Gasteiger charge is 2.17. The summed E-state index contributed by atoms with van der Waals surface area (Å²) in [5.41, 5.74) is 1.61. The number of carboxylic acid groups (broad SMARTS) is 1. The van der Waals surface area contributed by atoms with E-state index < -0.39 is 24.5 Å². The van der Waals surface area contributed by atoms with E-state index in [0.717, 1.165) is 0 Å². The van der Waals surface area contributed by atoms with Crippen molar-refractivity contribution in [2.24, 2.45) is 0 Å². The average molecular weight is 345 g/mol. The minimum Gasteiger partial charge on any atom is -0.478 e. The van der Waals surface area contributed by atoms with Crippen LogP contribution in [0.15, 0.2) is 36.7 Å². The highest BCUT2D eigenvalue weighted by Crippen LogP contribution is 2.23. The molecule has 0 spiro atoms. The van der Waals surface area contributed by atoms with Gasteiger partial charge in [0.1, 0.15) is 5.82 Å². The molecule has 130 valence electrons. The molecule has 2 heterocycles. The van der Waals surface area contributed by atoms with Crippen molar-refractivity contribution < 1.29 is 24.5 Å². The van der Waals surface area contributed by atoms with Crippen LogP contribution in [0.4, 0.5) is 4.39 Å².